The molecule has 49 heavy (non-hydrogen) atoms. The van der Waals surface area contributed by atoms with Crippen molar-refractivity contribution in [1.29, 1.82) is 0 Å². The van der Waals surface area contributed by atoms with Gasteiger partial charge < -0.3 is 34.8 Å². The average Bonchev–Trinajstić information content (AvgIpc) is 3.74. The molecule has 7 saturated heterocycles. The largest absolute Gasteiger partial charge is 0.392 e. The zero-order valence-corrected chi connectivity index (χ0v) is 31.2. The number of carbonyl (C=O) groups excluding carboxylic acids is 4. The maximum Gasteiger partial charge on any atom is 0.265 e. The molecule has 256 valence electrons. The van der Waals surface area contributed by atoms with Crippen molar-refractivity contribution in [2.75, 3.05) is 39.7 Å². The van der Waals surface area contributed by atoms with Gasteiger partial charge in [-0.2, -0.15) is 0 Å². The molecular weight excluding hydrogens is 745 g/mol. The van der Waals surface area contributed by atoms with Gasteiger partial charge in [-0.25, -0.2) is 0 Å². The van der Waals surface area contributed by atoms with E-state index < -0.39 is 44.4 Å². The fraction of sp³-hybridized carbons (Fsp3) is 0.419. The van der Waals surface area contributed by atoms with Crippen molar-refractivity contribution < 1.29 is 29.4 Å². The van der Waals surface area contributed by atoms with Crippen LogP contribution in [-0.2, 0) is 31.1 Å². The number of hydrogen-bond acceptors (Lipinski definition) is 13. The molecule has 3 aromatic rings. The maximum atomic E-state index is 14.5. The Hall–Kier alpha value is -2.32. The van der Waals surface area contributed by atoms with Crippen molar-refractivity contribution in [3.63, 3.8) is 0 Å². The van der Waals surface area contributed by atoms with E-state index in [1.54, 1.807) is 26.0 Å². The molecule has 0 aliphatic carbocycles. The lowest BCUT2D eigenvalue weighted by molar-refractivity contribution is -0.166. The summed E-state index contributed by atoms with van der Waals surface area (Å²) in [5.74, 6) is -1.15. The van der Waals surface area contributed by atoms with Crippen LogP contribution in [0.15, 0.2) is 54.7 Å². The number of anilines is 1. The molecule has 4 amide bonds. The second kappa shape index (κ2) is 10.6. The third-order valence-corrected chi connectivity index (χ3v) is 22.2. The number of rotatable bonds is 5. The van der Waals surface area contributed by atoms with Gasteiger partial charge in [0, 0.05) is 62.3 Å². The molecule has 0 saturated carbocycles. The van der Waals surface area contributed by atoms with Gasteiger partial charge in [-0.3, -0.25) is 24.1 Å². The minimum Gasteiger partial charge on any atom is -0.392 e. The lowest BCUT2D eigenvalue weighted by Gasteiger charge is -2.57. The zero-order valence-electron chi connectivity index (χ0n) is 26.3. The van der Waals surface area contributed by atoms with Crippen molar-refractivity contribution in [3.05, 3.63) is 65.9 Å². The molecule has 4 bridgehead atoms. The van der Waals surface area contributed by atoms with Crippen LogP contribution in [0.25, 0.3) is 10.9 Å². The fourth-order valence-electron chi connectivity index (χ4n) is 8.49. The summed E-state index contributed by atoms with van der Waals surface area (Å²) in [7, 11) is 12.7. The SMILES string of the molecule is CN1C(=O)[C@]2(Cc3cn([C@]45C[C@@]67SS[C@@](CO)(C(=O)N6[C@H]4Nc4ccccc45)N(C)C7=O)c4ccccc34)SSSS[C@@]1(CO)C(=O)N2C. The molecule has 7 fully saturated rings. The Balaban J connectivity index is 1.25. The van der Waals surface area contributed by atoms with Crippen LogP contribution in [0.1, 0.15) is 17.5 Å². The molecule has 0 radical (unpaired) electrons. The summed E-state index contributed by atoms with van der Waals surface area (Å²) in [5.41, 5.74) is 2.52. The van der Waals surface area contributed by atoms with Crippen molar-refractivity contribution in [3.8, 4) is 0 Å². The number of aliphatic hydroxyl groups is 2. The van der Waals surface area contributed by atoms with Crippen molar-refractivity contribution in [1.82, 2.24) is 24.2 Å². The number of hydrogen-bond donors (Lipinski definition) is 3. The van der Waals surface area contributed by atoms with Crippen LogP contribution in [-0.4, -0.2) is 118 Å². The van der Waals surface area contributed by atoms with Crippen molar-refractivity contribution in [2.45, 2.75) is 44.0 Å². The van der Waals surface area contributed by atoms with E-state index in [1.807, 2.05) is 54.7 Å². The lowest BCUT2D eigenvalue weighted by Crippen LogP contribution is -2.77. The van der Waals surface area contributed by atoms with Gasteiger partial charge in [0.05, 0.1) is 13.2 Å². The molecule has 1 spiro atoms. The monoisotopic (exact) mass is 774 g/mol. The standard InChI is InChI=1S/C31H30N6O6S6/c1-33-25(42)30(15-38)34(2)23(40)28(33,46-48-49-47-30)12-17-13-36(21-11-7-4-8-18(17)21)27-14-29-24(41)35(3)31(16-39,45-44-29)26(43)37(29)22(27)32-20-10-6-5-9-19(20)27/h4-11,13,22,32,38-39H,12,14-16H2,1-3H3/t22-,27+,28+,29+,30+,31+/m1/s1. The highest BCUT2D eigenvalue weighted by molar-refractivity contribution is 9.26. The lowest BCUT2D eigenvalue weighted by atomic mass is 9.86. The van der Waals surface area contributed by atoms with E-state index in [0.717, 1.165) is 27.7 Å². The van der Waals surface area contributed by atoms with Crippen LogP contribution in [0, 0.1) is 0 Å². The van der Waals surface area contributed by atoms with E-state index in [-0.39, 0.29) is 36.5 Å². The molecule has 8 aliphatic heterocycles. The summed E-state index contributed by atoms with van der Waals surface area (Å²) in [6, 6.07) is 15.8. The maximum absolute atomic E-state index is 14.5. The van der Waals surface area contributed by atoms with Crippen LogP contribution >= 0.6 is 62.8 Å². The van der Waals surface area contributed by atoms with E-state index in [9.17, 15) is 29.4 Å². The van der Waals surface area contributed by atoms with Gasteiger partial charge in [-0.05, 0) is 69.7 Å². The Morgan fingerprint density at radius 3 is 2.12 bits per heavy atom. The number of aliphatic hydroxyl groups excluding tert-OH is 2. The van der Waals surface area contributed by atoms with Crippen LogP contribution in [0.3, 0.4) is 0 Å². The summed E-state index contributed by atoms with van der Waals surface area (Å²) >= 11 is 0. The van der Waals surface area contributed by atoms with Crippen LogP contribution < -0.4 is 5.32 Å². The third-order valence-electron chi connectivity index (χ3n) is 11.2. The topological polar surface area (TPSA) is 139 Å². The van der Waals surface area contributed by atoms with E-state index in [0.29, 0.717) is 0 Å². The summed E-state index contributed by atoms with van der Waals surface area (Å²) < 4.78 is 2.16. The van der Waals surface area contributed by atoms with Crippen molar-refractivity contribution in [2.24, 2.45) is 0 Å². The smallest absolute Gasteiger partial charge is 0.265 e. The van der Waals surface area contributed by atoms with E-state index in [1.165, 1.54) is 77.5 Å². The highest BCUT2D eigenvalue weighted by Gasteiger charge is 2.78. The number of aromatic nitrogens is 1. The Bertz CT molecular complexity index is 2020. The number of likely N-dealkylation sites (N-methyl/N-ethyl adjacent to an activating group) is 3. The van der Waals surface area contributed by atoms with Gasteiger partial charge >= 0.3 is 0 Å². The highest BCUT2D eigenvalue weighted by atomic mass is 33.7. The molecule has 1 aromatic heterocycles. The molecule has 2 aromatic carbocycles. The predicted octanol–water partition coefficient (Wildman–Crippen LogP) is 3.17. The highest BCUT2D eigenvalue weighted by Crippen LogP contribution is 2.69. The Labute approximate surface area is 304 Å². The number of fused-ring (bicyclic) bond motifs is 11. The van der Waals surface area contributed by atoms with Gasteiger partial charge in [0.25, 0.3) is 23.6 Å². The molecule has 11 rings (SSSR count). The Kier molecular flexibility index (Phi) is 7.06. The summed E-state index contributed by atoms with van der Waals surface area (Å²) in [6.45, 7) is -1.02. The van der Waals surface area contributed by atoms with Gasteiger partial charge in [0.15, 0.2) is 9.74 Å². The molecule has 6 atom stereocenters. The number of carbonyl (C=O) groups is 4. The molecule has 18 heteroatoms. The predicted molar refractivity (Wildman–Crippen MR) is 197 cm³/mol. The minimum atomic E-state index is -1.43. The number of piperazine rings is 2. The van der Waals surface area contributed by atoms with Gasteiger partial charge in [0.2, 0.25) is 9.74 Å². The number of para-hydroxylation sites is 2. The van der Waals surface area contributed by atoms with E-state index >= 15 is 0 Å². The first-order valence-electron chi connectivity index (χ1n) is 15.4. The van der Waals surface area contributed by atoms with Crippen LogP contribution in [0.4, 0.5) is 5.69 Å². The Morgan fingerprint density at radius 2 is 1.37 bits per heavy atom. The average molecular weight is 775 g/mol. The molecule has 8 aliphatic rings. The molecule has 3 N–H and O–H groups in total. The van der Waals surface area contributed by atoms with Crippen LogP contribution in [0.5, 0.6) is 0 Å². The minimum absolute atomic E-state index is 0.180. The third kappa shape index (κ3) is 3.64. The molecule has 0 unspecified atom stereocenters. The van der Waals surface area contributed by atoms with Gasteiger partial charge in [-0.1, -0.05) is 47.2 Å². The normalized spacial score (nSPS) is 36.3. The first-order chi connectivity index (χ1) is 23.5. The number of nitrogens with one attached hydrogen (secondary N) is 1. The Morgan fingerprint density at radius 1 is 0.755 bits per heavy atom. The second-order valence-corrected chi connectivity index (χ2v) is 22.0. The zero-order chi connectivity index (χ0) is 34.3. The first kappa shape index (κ1) is 32.6. The summed E-state index contributed by atoms with van der Waals surface area (Å²) in [6.07, 6.45) is 1.82. The molecule has 12 nitrogen and oxygen atoms in total. The molecule has 9 heterocycles. The number of nitrogens with zero attached hydrogens (tertiary/aromatic N) is 5. The van der Waals surface area contributed by atoms with Gasteiger partial charge in [-0.15, -0.1) is 0 Å². The molecular formula is C31H30N6O6S6. The number of amides is 4. The quantitative estimate of drug-likeness (QED) is 0.328. The summed E-state index contributed by atoms with van der Waals surface area (Å²) in [4.78, 5) is 57.8. The van der Waals surface area contributed by atoms with Crippen LogP contribution in [0.2, 0.25) is 0 Å². The summed E-state index contributed by atoms with van der Waals surface area (Å²) in [5, 5.41) is 25.5. The van der Waals surface area contributed by atoms with Crippen molar-refractivity contribution >= 4 is 103 Å². The van der Waals surface area contributed by atoms with E-state index in [2.05, 4.69) is 9.88 Å². The van der Waals surface area contributed by atoms with Gasteiger partial charge in [0.1, 0.15) is 11.7 Å². The number of benzene rings is 2. The van der Waals surface area contributed by atoms with E-state index in [4.69, 9.17) is 0 Å². The second-order valence-electron chi connectivity index (χ2n) is 13.1. The fourth-order valence-corrected chi connectivity index (χ4v) is 19.8. The first-order valence-corrected chi connectivity index (χ1v) is 22.4.